The topological polar surface area (TPSA) is 95.3 Å². The third-order valence-electron chi connectivity index (χ3n) is 5.07. The number of nitrogens with one attached hydrogen (secondary N) is 1. The van der Waals surface area contributed by atoms with E-state index in [0.29, 0.717) is 39.1 Å². The van der Waals surface area contributed by atoms with Crippen LogP contribution in [0.1, 0.15) is 19.8 Å². The normalized spacial score (nSPS) is 11.1. The SMILES string of the molecule is CCCCn1c(SCC(=O)Nc2ccc(OC)cc2OC)nc2c(sc3ncccc32)c1=O. The average molecular weight is 485 g/mol. The first-order valence-corrected chi connectivity index (χ1v) is 12.3. The predicted molar refractivity (Wildman–Crippen MR) is 133 cm³/mol. The zero-order valence-corrected chi connectivity index (χ0v) is 20.2. The summed E-state index contributed by atoms with van der Waals surface area (Å²) < 4.78 is 12.8. The molecule has 0 atom stereocenters. The Morgan fingerprint density at radius 1 is 1.24 bits per heavy atom. The molecule has 0 aliphatic rings. The number of aromatic nitrogens is 3. The number of thiophene rings is 1. The Morgan fingerprint density at radius 2 is 2.09 bits per heavy atom. The van der Waals surface area contributed by atoms with Crippen LogP contribution in [0.3, 0.4) is 0 Å². The molecule has 0 bridgehead atoms. The fraction of sp³-hybridized carbons (Fsp3) is 0.304. The number of carbonyl (C=O) groups is 1. The van der Waals surface area contributed by atoms with Crippen LogP contribution in [0.4, 0.5) is 5.69 Å². The molecule has 4 aromatic rings. The van der Waals surface area contributed by atoms with Crippen molar-refractivity contribution in [1.29, 1.82) is 0 Å². The maximum atomic E-state index is 13.3. The maximum Gasteiger partial charge on any atom is 0.272 e. The van der Waals surface area contributed by atoms with E-state index >= 15 is 0 Å². The summed E-state index contributed by atoms with van der Waals surface area (Å²) in [7, 11) is 3.10. The first-order chi connectivity index (χ1) is 16.0. The highest BCUT2D eigenvalue weighted by molar-refractivity contribution is 7.99. The molecule has 1 amide bonds. The molecule has 0 fully saturated rings. The number of methoxy groups -OCH3 is 2. The summed E-state index contributed by atoms with van der Waals surface area (Å²) in [4.78, 5) is 35.9. The number of hydrogen-bond acceptors (Lipinski definition) is 8. The van der Waals surface area contributed by atoms with Gasteiger partial charge in [-0.15, -0.1) is 11.3 Å². The van der Waals surface area contributed by atoms with Gasteiger partial charge in [-0.05, 0) is 30.7 Å². The number of hydrogen-bond donors (Lipinski definition) is 1. The number of ether oxygens (including phenoxy) is 2. The lowest BCUT2D eigenvalue weighted by atomic mass is 10.2. The Labute approximate surface area is 199 Å². The number of unbranched alkanes of at least 4 members (excludes halogenated alkanes) is 1. The molecule has 1 aromatic carbocycles. The molecule has 0 unspecified atom stereocenters. The van der Waals surface area contributed by atoms with E-state index in [1.165, 1.54) is 30.2 Å². The van der Waals surface area contributed by atoms with E-state index in [9.17, 15) is 9.59 Å². The van der Waals surface area contributed by atoms with Gasteiger partial charge < -0.3 is 14.8 Å². The minimum Gasteiger partial charge on any atom is -0.497 e. The number of rotatable bonds is 9. The molecular weight excluding hydrogens is 460 g/mol. The van der Waals surface area contributed by atoms with Crippen LogP contribution in [0, 0.1) is 0 Å². The van der Waals surface area contributed by atoms with Crippen molar-refractivity contribution in [1.82, 2.24) is 14.5 Å². The van der Waals surface area contributed by atoms with E-state index in [-0.39, 0.29) is 17.2 Å². The van der Waals surface area contributed by atoms with Crippen molar-refractivity contribution in [3.8, 4) is 11.5 Å². The van der Waals surface area contributed by atoms with Crippen LogP contribution >= 0.6 is 23.1 Å². The van der Waals surface area contributed by atoms with Gasteiger partial charge in [-0.1, -0.05) is 25.1 Å². The van der Waals surface area contributed by atoms with Crippen molar-refractivity contribution in [3.63, 3.8) is 0 Å². The standard InChI is InChI=1S/C23H24N4O4S2/c1-4-5-11-27-22(29)20-19(15-7-6-10-24-21(15)33-20)26-23(27)32-13-18(28)25-16-9-8-14(30-2)12-17(16)31-3/h6-10,12H,4-5,11,13H2,1-3H3,(H,25,28). The van der Waals surface area contributed by atoms with Crippen LogP contribution in [0.2, 0.25) is 0 Å². The highest BCUT2D eigenvalue weighted by atomic mass is 32.2. The highest BCUT2D eigenvalue weighted by Crippen LogP contribution is 2.31. The largest absolute Gasteiger partial charge is 0.497 e. The Hall–Kier alpha value is -3.11. The monoisotopic (exact) mass is 484 g/mol. The van der Waals surface area contributed by atoms with Crippen molar-refractivity contribution in [2.24, 2.45) is 0 Å². The zero-order chi connectivity index (χ0) is 23.4. The van der Waals surface area contributed by atoms with E-state index in [4.69, 9.17) is 14.5 Å². The number of thioether (sulfide) groups is 1. The summed E-state index contributed by atoms with van der Waals surface area (Å²) in [6, 6.07) is 8.93. The third-order valence-corrected chi connectivity index (χ3v) is 7.14. The van der Waals surface area contributed by atoms with Crippen molar-refractivity contribution in [2.75, 3.05) is 25.3 Å². The Morgan fingerprint density at radius 3 is 2.85 bits per heavy atom. The van der Waals surface area contributed by atoms with Crippen LogP contribution in [-0.2, 0) is 11.3 Å². The average Bonchev–Trinajstić information content (AvgIpc) is 3.21. The molecule has 0 radical (unpaired) electrons. The van der Waals surface area contributed by atoms with Crippen LogP contribution in [-0.4, -0.2) is 40.4 Å². The molecule has 0 aliphatic heterocycles. The second-order valence-corrected chi connectivity index (χ2v) is 9.19. The zero-order valence-electron chi connectivity index (χ0n) is 18.6. The quantitative estimate of drug-likeness (QED) is 0.275. The van der Waals surface area contributed by atoms with Crippen molar-refractivity contribution >= 4 is 55.1 Å². The highest BCUT2D eigenvalue weighted by Gasteiger charge is 2.18. The molecule has 0 spiro atoms. The van der Waals surface area contributed by atoms with Gasteiger partial charge in [0.05, 0.1) is 31.2 Å². The summed E-state index contributed by atoms with van der Waals surface area (Å²) >= 11 is 2.60. The first-order valence-electron chi connectivity index (χ1n) is 10.5. The predicted octanol–water partition coefficient (Wildman–Crippen LogP) is 4.55. The molecule has 1 N–H and O–H groups in total. The third kappa shape index (κ3) is 4.81. The van der Waals surface area contributed by atoms with Gasteiger partial charge in [0.1, 0.15) is 21.0 Å². The maximum absolute atomic E-state index is 13.3. The molecule has 0 saturated heterocycles. The summed E-state index contributed by atoms with van der Waals surface area (Å²) in [5.41, 5.74) is 1.10. The smallest absolute Gasteiger partial charge is 0.272 e. The van der Waals surface area contributed by atoms with Crippen LogP contribution < -0.4 is 20.3 Å². The molecule has 0 aliphatic carbocycles. The molecule has 10 heteroatoms. The number of amides is 1. The summed E-state index contributed by atoms with van der Waals surface area (Å²) in [6.07, 6.45) is 3.50. The lowest BCUT2D eigenvalue weighted by Gasteiger charge is -2.13. The fourth-order valence-electron chi connectivity index (χ4n) is 3.38. The van der Waals surface area contributed by atoms with E-state index in [0.717, 1.165) is 23.1 Å². The van der Waals surface area contributed by atoms with E-state index in [1.807, 2.05) is 12.1 Å². The van der Waals surface area contributed by atoms with Gasteiger partial charge in [0.15, 0.2) is 5.16 Å². The van der Waals surface area contributed by atoms with Gasteiger partial charge in [0.2, 0.25) is 5.91 Å². The van der Waals surface area contributed by atoms with Gasteiger partial charge in [0.25, 0.3) is 5.56 Å². The lowest BCUT2D eigenvalue weighted by Crippen LogP contribution is -2.23. The van der Waals surface area contributed by atoms with Gasteiger partial charge in [-0.2, -0.15) is 0 Å². The minimum atomic E-state index is -0.225. The van der Waals surface area contributed by atoms with Gasteiger partial charge >= 0.3 is 0 Å². The molecule has 3 heterocycles. The number of nitrogens with zero attached hydrogens (tertiary/aromatic N) is 3. The number of pyridine rings is 1. The Bertz CT molecular complexity index is 1370. The van der Waals surface area contributed by atoms with E-state index < -0.39 is 0 Å². The molecule has 3 aromatic heterocycles. The Kier molecular flexibility index (Phi) is 7.14. The summed E-state index contributed by atoms with van der Waals surface area (Å²) in [5.74, 6) is 1.01. The van der Waals surface area contributed by atoms with Gasteiger partial charge in [-0.3, -0.25) is 14.2 Å². The summed E-state index contributed by atoms with van der Waals surface area (Å²) in [5, 5.41) is 4.24. The van der Waals surface area contributed by atoms with Crippen LogP contribution in [0.5, 0.6) is 11.5 Å². The second-order valence-electron chi connectivity index (χ2n) is 7.24. The first kappa shape index (κ1) is 23.1. The van der Waals surface area contributed by atoms with Crippen LogP contribution in [0.15, 0.2) is 46.5 Å². The van der Waals surface area contributed by atoms with Crippen LogP contribution in [0.25, 0.3) is 20.4 Å². The number of fused-ring (bicyclic) bond motifs is 3. The molecule has 0 saturated carbocycles. The number of anilines is 1. The van der Waals surface area contributed by atoms with Crippen molar-refractivity contribution in [2.45, 2.75) is 31.5 Å². The molecule has 172 valence electrons. The van der Waals surface area contributed by atoms with Gasteiger partial charge in [0, 0.05) is 24.2 Å². The molecule has 33 heavy (non-hydrogen) atoms. The lowest BCUT2D eigenvalue weighted by molar-refractivity contribution is -0.113. The molecule has 4 rings (SSSR count). The molecular formula is C23H24N4O4S2. The van der Waals surface area contributed by atoms with Crippen molar-refractivity contribution in [3.05, 3.63) is 46.9 Å². The minimum absolute atomic E-state index is 0.0869. The van der Waals surface area contributed by atoms with Gasteiger partial charge in [-0.25, -0.2) is 9.97 Å². The van der Waals surface area contributed by atoms with E-state index in [1.54, 1.807) is 36.1 Å². The fourth-order valence-corrected chi connectivity index (χ4v) is 5.23. The Balaban J connectivity index is 1.61. The number of benzene rings is 1. The van der Waals surface area contributed by atoms with Crippen molar-refractivity contribution < 1.29 is 14.3 Å². The summed E-state index contributed by atoms with van der Waals surface area (Å²) in [6.45, 7) is 2.62. The number of carbonyl (C=O) groups excluding carboxylic acids is 1. The second kappa shape index (κ2) is 10.2. The van der Waals surface area contributed by atoms with E-state index in [2.05, 4.69) is 17.2 Å². The molecule has 8 nitrogen and oxygen atoms in total.